The molecule has 1 aromatic carbocycles. The van der Waals surface area contributed by atoms with E-state index in [1.165, 1.54) is 0 Å². The van der Waals surface area contributed by atoms with Crippen molar-refractivity contribution in [2.45, 2.75) is 39.2 Å². The molecule has 1 nitrogen and oxygen atoms in total. The van der Waals surface area contributed by atoms with Gasteiger partial charge >= 0.3 is 0 Å². The highest BCUT2D eigenvalue weighted by atomic mass is 16.5. The van der Waals surface area contributed by atoms with Gasteiger partial charge in [-0.25, -0.2) is 0 Å². The number of allylic oxidation sites excluding steroid dienone is 2. The highest BCUT2D eigenvalue weighted by Crippen LogP contribution is 2.21. The minimum absolute atomic E-state index is 0.213. The third kappa shape index (κ3) is 5.39. The molecule has 1 rings (SSSR count). The van der Waals surface area contributed by atoms with Crippen LogP contribution in [0, 0.1) is 0 Å². The average molecular weight is 230 g/mol. The average Bonchev–Trinajstić information content (AvgIpc) is 2.30. The smallest absolute Gasteiger partial charge is 0.126 e. The van der Waals surface area contributed by atoms with Crippen LogP contribution in [0.2, 0.25) is 0 Å². The first kappa shape index (κ1) is 13.6. The Hall–Kier alpha value is -1.50. The Balaban J connectivity index is 2.59. The van der Waals surface area contributed by atoms with Gasteiger partial charge in [0.15, 0.2) is 0 Å². The molecule has 92 valence electrons. The number of hydrogen-bond acceptors (Lipinski definition) is 1. The highest BCUT2D eigenvalue weighted by Gasteiger charge is 2.01. The third-order valence-corrected chi connectivity index (χ3v) is 2.36. The topological polar surface area (TPSA) is 9.23 Å². The molecule has 0 spiro atoms. The lowest BCUT2D eigenvalue weighted by Gasteiger charge is -2.11. The van der Waals surface area contributed by atoms with Crippen molar-refractivity contribution >= 4 is 6.08 Å². The second kappa shape index (κ2) is 7.72. The van der Waals surface area contributed by atoms with Gasteiger partial charge in [0.2, 0.25) is 0 Å². The molecule has 0 bridgehead atoms. The van der Waals surface area contributed by atoms with Crippen LogP contribution in [0.5, 0.6) is 5.75 Å². The lowest BCUT2D eigenvalue weighted by Crippen LogP contribution is -2.06. The van der Waals surface area contributed by atoms with E-state index >= 15 is 0 Å². The summed E-state index contributed by atoms with van der Waals surface area (Å²) in [6.45, 7) is 7.81. The standard InChI is InChI=1S/C16H22O/c1-4-5-6-7-8-11-15-12-9-10-13-16(15)17-14(2)3/h4,8-14H,1,5-7H2,2-3H3/b11-8+. The molecule has 0 atom stereocenters. The molecule has 0 aliphatic carbocycles. The van der Waals surface area contributed by atoms with Crippen molar-refractivity contribution in [2.75, 3.05) is 0 Å². The van der Waals surface area contributed by atoms with E-state index in [1.54, 1.807) is 0 Å². The Morgan fingerprint density at radius 3 is 2.71 bits per heavy atom. The van der Waals surface area contributed by atoms with Gasteiger partial charge in [-0.15, -0.1) is 6.58 Å². The first-order chi connectivity index (χ1) is 8.24. The monoisotopic (exact) mass is 230 g/mol. The first-order valence-corrected chi connectivity index (χ1v) is 6.27. The summed E-state index contributed by atoms with van der Waals surface area (Å²) in [5, 5.41) is 0. The highest BCUT2D eigenvalue weighted by molar-refractivity contribution is 5.57. The zero-order valence-corrected chi connectivity index (χ0v) is 10.9. The lowest BCUT2D eigenvalue weighted by molar-refractivity contribution is 0.242. The molecule has 0 saturated heterocycles. The van der Waals surface area contributed by atoms with Gasteiger partial charge in [0.25, 0.3) is 0 Å². The molecule has 0 fully saturated rings. The van der Waals surface area contributed by atoms with E-state index in [0.717, 1.165) is 30.6 Å². The van der Waals surface area contributed by atoms with Gasteiger partial charge in [-0.2, -0.15) is 0 Å². The van der Waals surface area contributed by atoms with Crippen molar-refractivity contribution in [3.05, 3.63) is 48.6 Å². The molecule has 0 aromatic heterocycles. The van der Waals surface area contributed by atoms with Crippen molar-refractivity contribution in [2.24, 2.45) is 0 Å². The van der Waals surface area contributed by atoms with Gasteiger partial charge in [0.05, 0.1) is 6.10 Å². The van der Waals surface area contributed by atoms with Crippen LogP contribution in [-0.2, 0) is 0 Å². The number of para-hydroxylation sites is 1. The van der Waals surface area contributed by atoms with Gasteiger partial charge in [0.1, 0.15) is 5.75 Å². The fraction of sp³-hybridized carbons (Fsp3) is 0.375. The molecule has 1 heteroatoms. The third-order valence-electron chi connectivity index (χ3n) is 2.36. The van der Waals surface area contributed by atoms with Gasteiger partial charge in [0, 0.05) is 5.56 Å². The number of hydrogen-bond donors (Lipinski definition) is 0. The largest absolute Gasteiger partial charge is 0.490 e. The molecule has 0 N–H and O–H groups in total. The molecular weight excluding hydrogens is 208 g/mol. The minimum Gasteiger partial charge on any atom is -0.490 e. The van der Waals surface area contributed by atoms with Crippen molar-refractivity contribution in [1.29, 1.82) is 0 Å². The van der Waals surface area contributed by atoms with E-state index in [0.29, 0.717) is 0 Å². The van der Waals surface area contributed by atoms with E-state index in [-0.39, 0.29) is 6.10 Å². The Morgan fingerprint density at radius 1 is 1.24 bits per heavy atom. The Bertz CT molecular complexity index is 364. The van der Waals surface area contributed by atoms with Crippen molar-refractivity contribution in [3.8, 4) is 5.75 Å². The lowest BCUT2D eigenvalue weighted by atomic mass is 10.1. The summed E-state index contributed by atoms with van der Waals surface area (Å²) < 4.78 is 5.76. The SMILES string of the molecule is C=CCCC/C=C/c1ccccc1OC(C)C. The summed E-state index contributed by atoms with van der Waals surface area (Å²) in [6, 6.07) is 8.15. The molecule has 0 saturated carbocycles. The van der Waals surface area contributed by atoms with Crippen LogP contribution in [0.25, 0.3) is 6.08 Å². The maximum absolute atomic E-state index is 5.76. The van der Waals surface area contributed by atoms with Crippen molar-refractivity contribution in [3.63, 3.8) is 0 Å². The van der Waals surface area contributed by atoms with Gasteiger partial charge < -0.3 is 4.74 Å². The van der Waals surface area contributed by atoms with E-state index < -0.39 is 0 Å². The number of rotatable bonds is 7. The summed E-state index contributed by atoms with van der Waals surface area (Å²) in [7, 11) is 0. The minimum atomic E-state index is 0.213. The van der Waals surface area contributed by atoms with Crippen LogP contribution >= 0.6 is 0 Å². The van der Waals surface area contributed by atoms with Gasteiger partial charge in [-0.3, -0.25) is 0 Å². The van der Waals surface area contributed by atoms with E-state index in [2.05, 4.69) is 24.8 Å². The molecule has 0 aliphatic heterocycles. The predicted molar refractivity (Wildman–Crippen MR) is 75.3 cm³/mol. The summed E-state index contributed by atoms with van der Waals surface area (Å²) in [5.74, 6) is 0.961. The van der Waals surface area contributed by atoms with Crippen LogP contribution < -0.4 is 4.74 Å². The number of unbranched alkanes of at least 4 members (excludes halogenated alkanes) is 2. The molecule has 0 unspecified atom stereocenters. The maximum Gasteiger partial charge on any atom is 0.126 e. The second-order valence-electron chi connectivity index (χ2n) is 4.33. The van der Waals surface area contributed by atoms with E-state index in [1.807, 2.05) is 38.1 Å². The van der Waals surface area contributed by atoms with Crippen molar-refractivity contribution < 1.29 is 4.74 Å². The Labute approximate surface area is 105 Å². The first-order valence-electron chi connectivity index (χ1n) is 6.27. The van der Waals surface area contributed by atoms with E-state index in [9.17, 15) is 0 Å². The molecule has 1 aromatic rings. The Morgan fingerprint density at radius 2 is 2.00 bits per heavy atom. The van der Waals surface area contributed by atoms with Crippen LogP contribution in [0.1, 0.15) is 38.7 Å². The fourth-order valence-corrected chi connectivity index (χ4v) is 1.57. The van der Waals surface area contributed by atoms with Crippen LogP contribution in [0.15, 0.2) is 43.0 Å². The second-order valence-corrected chi connectivity index (χ2v) is 4.33. The zero-order chi connectivity index (χ0) is 12.5. The van der Waals surface area contributed by atoms with Crippen molar-refractivity contribution in [1.82, 2.24) is 0 Å². The van der Waals surface area contributed by atoms with Gasteiger partial charge in [-0.1, -0.05) is 36.4 Å². The van der Waals surface area contributed by atoms with E-state index in [4.69, 9.17) is 4.74 Å². The number of benzene rings is 1. The summed E-state index contributed by atoms with van der Waals surface area (Å²) in [4.78, 5) is 0. The van der Waals surface area contributed by atoms with Crippen LogP contribution in [-0.4, -0.2) is 6.10 Å². The van der Waals surface area contributed by atoms with Crippen LogP contribution in [0.4, 0.5) is 0 Å². The molecule has 0 aliphatic rings. The Kier molecular flexibility index (Phi) is 6.16. The normalized spacial score (nSPS) is 11.0. The summed E-state index contributed by atoms with van der Waals surface area (Å²) in [6.07, 6.45) is 9.84. The maximum atomic E-state index is 5.76. The quantitative estimate of drug-likeness (QED) is 0.481. The summed E-state index contributed by atoms with van der Waals surface area (Å²) >= 11 is 0. The fourth-order valence-electron chi connectivity index (χ4n) is 1.57. The summed E-state index contributed by atoms with van der Waals surface area (Å²) in [5.41, 5.74) is 1.15. The van der Waals surface area contributed by atoms with Gasteiger partial charge in [-0.05, 0) is 39.2 Å². The van der Waals surface area contributed by atoms with Crippen LogP contribution in [0.3, 0.4) is 0 Å². The molecule has 0 radical (unpaired) electrons. The number of ether oxygens (including phenoxy) is 1. The predicted octanol–water partition coefficient (Wildman–Crippen LogP) is 4.84. The molecule has 17 heavy (non-hydrogen) atoms. The zero-order valence-electron chi connectivity index (χ0n) is 10.9. The molecule has 0 heterocycles. The molecule has 0 amide bonds. The molecular formula is C16H22O.